The molecule has 1 fully saturated rings. The number of fused-ring (bicyclic) bond motifs is 3. The van der Waals surface area contributed by atoms with Crippen LogP contribution in [0.5, 0.6) is 0 Å². The van der Waals surface area contributed by atoms with Gasteiger partial charge in [-0.3, -0.25) is 4.79 Å². The number of alkyl halides is 1. The molecule has 2 aliphatic rings. The molecule has 2 nitrogen and oxygen atoms in total. The Morgan fingerprint density at radius 1 is 1.10 bits per heavy atom. The van der Waals surface area contributed by atoms with Crippen LogP contribution >= 0.6 is 15.9 Å². The Bertz CT molecular complexity index is 725. The summed E-state index contributed by atoms with van der Waals surface area (Å²) in [5, 5.41) is 0.894. The van der Waals surface area contributed by atoms with Crippen LogP contribution in [0.25, 0.3) is 11.1 Å². The van der Waals surface area contributed by atoms with Crippen LogP contribution in [0.1, 0.15) is 17.5 Å². The third kappa shape index (κ3) is 2.11. The summed E-state index contributed by atoms with van der Waals surface area (Å²) >= 11 is 3.49. The Morgan fingerprint density at radius 2 is 1.90 bits per heavy atom. The zero-order valence-corrected chi connectivity index (χ0v) is 13.3. The second-order valence-corrected chi connectivity index (χ2v) is 6.55. The van der Waals surface area contributed by atoms with E-state index in [-0.39, 0.29) is 5.91 Å². The van der Waals surface area contributed by atoms with Gasteiger partial charge in [-0.05, 0) is 46.7 Å². The van der Waals surface area contributed by atoms with Gasteiger partial charge in [0.1, 0.15) is 0 Å². The highest BCUT2D eigenvalue weighted by Gasteiger charge is 2.30. The fraction of sp³-hybridized carbons (Fsp3) is 0.278. The first-order valence-electron chi connectivity index (χ1n) is 7.34. The Morgan fingerprint density at radius 3 is 2.71 bits per heavy atom. The molecule has 3 heteroatoms. The first-order valence-corrected chi connectivity index (χ1v) is 8.46. The Balaban J connectivity index is 1.69. The first kappa shape index (κ1) is 13.1. The van der Waals surface area contributed by atoms with Crippen LogP contribution in [0.15, 0.2) is 42.5 Å². The number of hydrogen-bond acceptors (Lipinski definition) is 1. The molecule has 1 unspecified atom stereocenters. The van der Waals surface area contributed by atoms with Gasteiger partial charge in [-0.15, -0.1) is 0 Å². The maximum atomic E-state index is 12.2. The third-order valence-corrected chi connectivity index (χ3v) is 5.43. The second-order valence-electron chi connectivity index (χ2n) is 5.90. The van der Waals surface area contributed by atoms with Crippen molar-refractivity contribution in [1.82, 2.24) is 0 Å². The smallest absolute Gasteiger partial charge is 0.227 e. The van der Waals surface area contributed by atoms with Crippen molar-refractivity contribution < 1.29 is 4.79 Å². The highest BCUT2D eigenvalue weighted by atomic mass is 79.9. The average molecular weight is 342 g/mol. The predicted octanol–water partition coefficient (Wildman–Crippen LogP) is 4.01. The lowest BCUT2D eigenvalue weighted by molar-refractivity contribution is -0.117. The summed E-state index contributed by atoms with van der Waals surface area (Å²) in [6.07, 6.45) is 1.63. The molecule has 106 valence electrons. The number of carbonyl (C=O) groups excluding carboxylic acids is 1. The van der Waals surface area contributed by atoms with E-state index < -0.39 is 0 Å². The van der Waals surface area contributed by atoms with Gasteiger partial charge < -0.3 is 4.90 Å². The SMILES string of the molecule is O=C1CC(CBr)CN1c1ccc2c(c1)Cc1ccccc1-2. The summed E-state index contributed by atoms with van der Waals surface area (Å²) < 4.78 is 0. The minimum absolute atomic E-state index is 0.245. The van der Waals surface area contributed by atoms with Crippen LogP contribution < -0.4 is 4.90 Å². The van der Waals surface area contributed by atoms with Crippen LogP contribution in [0, 0.1) is 5.92 Å². The van der Waals surface area contributed by atoms with E-state index in [1.54, 1.807) is 0 Å². The number of nitrogens with zero attached hydrogens (tertiary/aromatic N) is 1. The molecule has 4 rings (SSSR count). The molecular weight excluding hydrogens is 326 g/mol. The summed E-state index contributed by atoms with van der Waals surface area (Å²) in [4.78, 5) is 14.1. The van der Waals surface area contributed by atoms with Gasteiger partial charge in [0.15, 0.2) is 0 Å². The molecule has 0 bridgehead atoms. The molecule has 0 N–H and O–H groups in total. The molecular formula is C18H16BrNO. The van der Waals surface area contributed by atoms with E-state index >= 15 is 0 Å². The number of carbonyl (C=O) groups is 1. The van der Waals surface area contributed by atoms with E-state index in [1.807, 2.05) is 4.90 Å². The van der Waals surface area contributed by atoms with E-state index in [0.717, 1.165) is 24.0 Å². The van der Waals surface area contributed by atoms with Crippen molar-refractivity contribution in [1.29, 1.82) is 0 Å². The molecule has 0 saturated carbocycles. The van der Waals surface area contributed by atoms with Gasteiger partial charge in [-0.25, -0.2) is 0 Å². The van der Waals surface area contributed by atoms with E-state index in [4.69, 9.17) is 0 Å². The largest absolute Gasteiger partial charge is 0.312 e. The zero-order chi connectivity index (χ0) is 14.4. The topological polar surface area (TPSA) is 20.3 Å². The number of rotatable bonds is 2. The van der Waals surface area contributed by atoms with Gasteiger partial charge in [0, 0.05) is 24.0 Å². The molecule has 1 aliphatic heterocycles. The zero-order valence-electron chi connectivity index (χ0n) is 11.7. The van der Waals surface area contributed by atoms with Gasteiger partial charge in [-0.1, -0.05) is 46.3 Å². The molecule has 1 heterocycles. The molecule has 1 saturated heterocycles. The maximum Gasteiger partial charge on any atom is 0.227 e. The predicted molar refractivity (Wildman–Crippen MR) is 88.9 cm³/mol. The van der Waals surface area contributed by atoms with E-state index in [1.165, 1.54) is 22.3 Å². The Hall–Kier alpha value is -1.61. The molecule has 1 amide bonds. The Kier molecular flexibility index (Phi) is 3.11. The molecule has 2 aromatic carbocycles. The lowest BCUT2D eigenvalue weighted by atomic mass is 10.1. The minimum atomic E-state index is 0.245. The molecule has 2 aromatic rings. The molecule has 1 atom stereocenters. The second kappa shape index (κ2) is 4.99. The normalized spacial score (nSPS) is 19.8. The van der Waals surface area contributed by atoms with Crippen molar-refractivity contribution >= 4 is 27.5 Å². The lowest BCUT2D eigenvalue weighted by Gasteiger charge is -2.17. The summed E-state index contributed by atoms with van der Waals surface area (Å²) in [5.74, 6) is 0.679. The van der Waals surface area contributed by atoms with Crippen molar-refractivity contribution in [2.75, 3.05) is 16.8 Å². The van der Waals surface area contributed by atoms with Crippen molar-refractivity contribution in [2.24, 2.45) is 5.92 Å². The van der Waals surface area contributed by atoms with Crippen molar-refractivity contribution in [3.63, 3.8) is 0 Å². The van der Waals surface area contributed by atoms with Crippen LogP contribution in [0.4, 0.5) is 5.69 Å². The summed E-state index contributed by atoms with van der Waals surface area (Å²) in [7, 11) is 0. The van der Waals surface area contributed by atoms with Crippen molar-refractivity contribution in [3.05, 3.63) is 53.6 Å². The quantitative estimate of drug-likeness (QED) is 0.645. The first-order chi connectivity index (χ1) is 10.3. The average Bonchev–Trinajstić information content (AvgIpc) is 3.06. The van der Waals surface area contributed by atoms with Gasteiger partial charge in [0.05, 0.1) is 0 Å². The van der Waals surface area contributed by atoms with Crippen molar-refractivity contribution in [2.45, 2.75) is 12.8 Å². The third-order valence-electron chi connectivity index (χ3n) is 4.51. The lowest BCUT2D eigenvalue weighted by Crippen LogP contribution is -2.24. The standard InChI is InChI=1S/C18H16BrNO/c19-10-12-7-18(21)20(11-12)15-5-6-17-14(9-15)8-13-3-1-2-4-16(13)17/h1-6,9,12H,7-8,10-11H2. The maximum absolute atomic E-state index is 12.2. The number of halogens is 1. The molecule has 1 aliphatic carbocycles. The van der Waals surface area contributed by atoms with Gasteiger partial charge in [0.25, 0.3) is 0 Å². The number of amides is 1. The van der Waals surface area contributed by atoms with E-state index in [9.17, 15) is 4.79 Å². The van der Waals surface area contributed by atoms with E-state index in [2.05, 4.69) is 58.4 Å². The van der Waals surface area contributed by atoms with Gasteiger partial charge in [-0.2, -0.15) is 0 Å². The highest BCUT2D eigenvalue weighted by Crippen LogP contribution is 2.39. The monoisotopic (exact) mass is 341 g/mol. The van der Waals surface area contributed by atoms with Crippen LogP contribution in [0.2, 0.25) is 0 Å². The number of hydrogen-bond donors (Lipinski definition) is 0. The van der Waals surface area contributed by atoms with Crippen LogP contribution in [-0.4, -0.2) is 17.8 Å². The summed E-state index contributed by atoms with van der Waals surface area (Å²) in [6, 6.07) is 15.0. The van der Waals surface area contributed by atoms with Gasteiger partial charge in [0.2, 0.25) is 5.91 Å². The molecule has 21 heavy (non-hydrogen) atoms. The molecule has 0 aromatic heterocycles. The summed E-state index contributed by atoms with van der Waals surface area (Å²) in [6.45, 7) is 0.829. The van der Waals surface area contributed by atoms with Gasteiger partial charge >= 0.3 is 0 Å². The van der Waals surface area contributed by atoms with Crippen molar-refractivity contribution in [3.8, 4) is 11.1 Å². The van der Waals surface area contributed by atoms with Crippen LogP contribution in [0.3, 0.4) is 0 Å². The molecule has 0 radical (unpaired) electrons. The highest BCUT2D eigenvalue weighted by molar-refractivity contribution is 9.09. The fourth-order valence-corrected chi connectivity index (χ4v) is 3.87. The Labute approximate surface area is 132 Å². The number of benzene rings is 2. The van der Waals surface area contributed by atoms with Crippen LogP contribution in [-0.2, 0) is 11.2 Å². The number of anilines is 1. The molecule has 0 spiro atoms. The fourth-order valence-electron chi connectivity index (χ4n) is 3.43. The summed E-state index contributed by atoms with van der Waals surface area (Å²) in [5.41, 5.74) is 6.43. The van der Waals surface area contributed by atoms with E-state index in [0.29, 0.717) is 12.3 Å². The minimum Gasteiger partial charge on any atom is -0.312 e.